The Morgan fingerprint density at radius 1 is 1.09 bits per heavy atom. The van der Waals surface area contributed by atoms with Crippen molar-refractivity contribution in [3.05, 3.63) is 64.6 Å². The van der Waals surface area contributed by atoms with Crippen molar-refractivity contribution < 1.29 is 13.2 Å². The van der Waals surface area contributed by atoms with Gasteiger partial charge >= 0.3 is 0 Å². The number of primary amides is 1. The fourth-order valence-corrected chi connectivity index (χ4v) is 4.15. The largest absolute Gasteiger partial charge is 0.365 e. The molecule has 0 bridgehead atoms. The van der Waals surface area contributed by atoms with Crippen molar-refractivity contribution in [2.24, 2.45) is 5.73 Å². The molecule has 0 saturated heterocycles. The third-order valence-corrected chi connectivity index (χ3v) is 5.33. The maximum atomic E-state index is 12.5. The minimum atomic E-state index is -3.88. The first-order chi connectivity index (χ1) is 10.4. The number of nitrogens with one attached hydrogen (secondary N) is 1. The summed E-state index contributed by atoms with van der Waals surface area (Å²) in [7, 11) is -3.88. The molecule has 1 amide bonds. The van der Waals surface area contributed by atoms with Gasteiger partial charge in [-0.25, -0.2) is 8.42 Å². The summed E-state index contributed by atoms with van der Waals surface area (Å²) in [5.74, 6) is -0.966. The van der Waals surface area contributed by atoms with Crippen LogP contribution in [0.4, 0.5) is 5.69 Å². The van der Waals surface area contributed by atoms with Crippen molar-refractivity contribution in [1.82, 2.24) is 0 Å². The third-order valence-electron chi connectivity index (χ3n) is 3.45. The maximum Gasteiger partial charge on any atom is 0.262 e. The van der Waals surface area contributed by atoms with E-state index < -0.39 is 20.6 Å². The molecule has 1 aliphatic rings. The van der Waals surface area contributed by atoms with Crippen LogP contribution < -0.4 is 11.1 Å². The van der Waals surface area contributed by atoms with Crippen LogP contribution >= 0.6 is 0 Å². The number of aryl methyl sites for hydroxylation is 1. The molecule has 0 saturated carbocycles. The summed E-state index contributed by atoms with van der Waals surface area (Å²) in [5.41, 5.74) is 7.71. The van der Waals surface area contributed by atoms with E-state index >= 15 is 0 Å². The first-order valence-electron chi connectivity index (χ1n) is 6.63. The monoisotopic (exact) mass is 314 g/mol. The van der Waals surface area contributed by atoms with Crippen molar-refractivity contribution in [2.45, 2.75) is 11.8 Å². The van der Waals surface area contributed by atoms with Gasteiger partial charge in [-0.3, -0.25) is 4.79 Å². The summed E-state index contributed by atoms with van der Waals surface area (Å²) in [6.07, 6.45) is 0. The molecular weight excluding hydrogens is 300 g/mol. The zero-order valence-corrected chi connectivity index (χ0v) is 12.6. The van der Waals surface area contributed by atoms with Gasteiger partial charge in [0.1, 0.15) is 0 Å². The van der Waals surface area contributed by atoms with E-state index in [0.29, 0.717) is 11.3 Å². The van der Waals surface area contributed by atoms with Crippen molar-refractivity contribution in [1.29, 1.82) is 0 Å². The number of fused-ring (bicyclic) bond motifs is 1. The van der Waals surface area contributed by atoms with E-state index in [1.54, 1.807) is 24.3 Å². The van der Waals surface area contributed by atoms with Crippen LogP contribution in [0.2, 0.25) is 0 Å². The molecule has 1 heterocycles. The van der Waals surface area contributed by atoms with Gasteiger partial charge in [-0.1, -0.05) is 30.3 Å². The molecule has 6 heteroatoms. The van der Waals surface area contributed by atoms with Crippen LogP contribution in [-0.2, 0) is 14.6 Å². The van der Waals surface area contributed by atoms with E-state index in [9.17, 15) is 13.2 Å². The molecule has 0 fully saturated rings. The predicted molar refractivity (Wildman–Crippen MR) is 84.5 cm³/mol. The van der Waals surface area contributed by atoms with Gasteiger partial charge in [0.2, 0.25) is 9.84 Å². The quantitative estimate of drug-likeness (QED) is 0.907. The highest BCUT2D eigenvalue weighted by Gasteiger charge is 2.38. The first-order valence-corrected chi connectivity index (χ1v) is 8.12. The van der Waals surface area contributed by atoms with Gasteiger partial charge in [0.25, 0.3) is 5.91 Å². The van der Waals surface area contributed by atoms with Gasteiger partial charge in [0.15, 0.2) is 4.91 Å². The summed E-state index contributed by atoms with van der Waals surface area (Å²) in [5, 5.41) is 3.02. The van der Waals surface area contributed by atoms with Crippen LogP contribution in [0.3, 0.4) is 0 Å². The molecule has 0 aromatic heterocycles. The summed E-state index contributed by atoms with van der Waals surface area (Å²) < 4.78 is 25.0. The maximum absolute atomic E-state index is 12.5. The van der Waals surface area contributed by atoms with Crippen LogP contribution in [0, 0.1) is 6.92 Å². The molecule has 0 spiro atoms. The highest BCUT2D eigenvalue weighted by molar-refractivity contribution is 7.97. The second-order valence-corrected chi connectivity index (χ2v) is 6.92. The van der Waals surface area contributed by atoms with E-state index in [1.165, 1.54) is 6.07 Å². The average molecular weight is 314 g/mol. The Bertz CT molecular complexity index is 914. The smallest absolute Gasteiger partial charge is 0.262 e. The number of carbonyl (C=O) groups is 1. The number of hydrogen-bond acceptors (Lipinski definition) is 4. The second-order valence-electron chi connectivity index (χ2n) is 5.06. The first kappa shape index (κ1) is 14.3. The number of rotatable bonds is 3. The number of carbonyl (C=O) groups excluding carboxylic acids is 1. The number of amides is 1. The highest BCUT2D eigenvalue weighted by atomic mass is 32.2. The molecule has 5 nitrogen and oxygen atoms in total. The second kappa shape index (κ2) is 4.99. The van der Waals surface area contributed by atoms with E-state index in [1.807, 2.05) is 25.1 Å². The lowest BCUT2D eigenvalue weighted by Crippen LogP contribution is -2.20. The van der Waals surface area contributed by atoms with Crippen LogP contribution in [0.1, 0.15) is 11.1 Å². The summed E-state index contributed by atoms with van der Waals surface area (Å²) in [6.45, 7) is 1.92. The molecule has 1 aliphatic heterocycles. The molecule has 0 atom stereocenters. The zero-order chi connectivity index (χ0) is 15.9. The Labute approximate surface area is 128 Å². The lowest BCUT2D eigenvalue weighted by atomic mass is 10.1. The topological polar surface area (TPSA) is 89.3 Å². The van der Waals surface area contributed by atoms with Gasteiger partial charge in [-0.2, -0.15) is 0 Å². The van der Waals surface area contributed by atoms with Crippen molar-refractivity contribution in [2.75, 3.05) is 5.32 Å². The molecule has 2 aromatic rings. The van der Waals surface area contributed by atoms with E-state index in [-0.39, 0.29) is 10.6 Å². The SMILES string of the molecule is Cc1cccc(NC2=C(C(N)=O)S(=O)(=O)c3ccccc32)c1. The van der Waals surface area contributed by atoms with Gasteiger partial charge in [-0.05, 0) is 30.7 Å². The number of sulfone groups is 1. The van der Waals surface area contributed by atoms with Crippen LogP contribution in [0.15, 0.2) is 58.3 Å². The van der Waals surface area contributed by atoms with E-state index in [4.69, 9.17) is 5.73 Å². The van der Waals surface area contributed by atoms with Crippen molar-refractivity contribution in [3.63, 3.8) is 0 Å². The van der Waals surface area contributed by atoms with Gasteiger partial charge in [0, 0.05) is 11.3 Å². The summed E-state index contributed by atoms with van der Waals surface area (Å²) in [4.78, 5) is 11.4. The Morgan fingerprint density at radius 2 is 1.82 bits per heavy atom. The fraction of sp³-hybridized carbons (Fsp3) is 0.0625. The Morgan fingerprint density at radius 3 is 2.50 bits per heavy atom. The van der Waals surface area contributed by atoms with E-state index in [2.05, 4.69) is 5.32 Å². The fourth-order valence-electron chi connectivity index (χ4n) is 2.52. The average Bonchev–Trinajstić information content (AvgIpc) is 2.67. The third kappa shape index (κ3) is 2.17. The Balaban J connectivity index is 2.21. The highest BCUT2D eigenvalue weighted by Crippen LogP contribution is 2.39. The summed E-state index contributed by atoms with van der Waals surface area (Å²) >= 11 is 0. The molecule has 0 radical (unpaired) electrons. The Hall–Kier alpha value is -2.60. The van der Waals surface area contributed by atoms with Crippen LogP contribution in [-0.4, -0.2) is 14.3 Å². The molecular formula is C16H14N2O3S. The summed E-state index contributed by atoms with van der Waals surface area (Å²) in [6, 6.07) is 13.9. The zero-order valence-electron chi connectivity index (χ0n) is 11.8. The van der Waals surface area contributed by atoms with Crippen molar-refractivity contribution in [3.8, 4) is 0 Å². The van der Waals surface area contributed by atoms with Crippen LogP contribution in [0.25, 0.3) is 5.70 Å². The van der Waals surface area contributed by atoms with Crippen LogP contribution in [0.5, 0.6) is 0 Å². The van der Waals surface area contributed by atoms with Gasteiger partial charge < -0.3 is 11.1 Å². The number of hydrogen-bond donors (Lipinski definition) is 2. The normalized spacial score (nSPS) is 15.5. The number of nitrogens with two attached hydrogens (primary N) is 1. The Kier molecular flexibility index (Phi) is 3.26. The molecule has 0 aliphatic carbocycles. The number of benzene rings is 2. The lowest BCUT2D eigenvalue weighted by molar-refractivity contribution is -0.113. The standard InChI is InChI=1S/C16H14N2O3S/c1-10-5-4-6-11(9-10)18-14-12-7-2-3-8-13(12)22(20,21)15(14)16(17)19/h2-9,18H,1H3,(H2,17,19). The van der Waals surface area contributed by atoms with E-state index in [0.717, 1.165) is 5.56 Å². The molecule has 3 N–H and O–H groups in total. The molecule has 3 rings (SSSR count). The van der Waals surface area contributed by atoms with Crippen molar-refractivity contribution >= 4 is 27.1 Å². The minimum Gasteiger partial charge on any atom is -0.365 e. The molecule has 0 unspecified atom stereocenters. The molecule has 112 valence electrons. The van der Waals surface area contributed by atoms with Gasteiger partial charge in [-0.15, -0.1) is 0 Å². The minimum absolute atomic E-state index is 0.0963. The molecule has 2 aromatic carbocycles. The molecule has 22 heavy (non-hydrogen) atoms. The van der Waals surface area contributed by atoms with Gasteiger partial charge in [0.05, 0.1) is 10.6 Å². The number of anilines is 1. The lowest BCUT2D eigenvalue weighted by Gasteiger charge is -2.10. The predicted octanol–water partition coefficient (Wildman–Crippen LogP) is 2.05.